The van der Waals surface area contributed by atoms with Crippen molar-refractivity contribution in [3.05, 3.63) is 11.6 Å². The fourth-order valence-electron chi connectivity index (χ4n) is 1.45. The summed E-state index contributed by atoms with van der Waals surface area (Å²) in [6, 6.07) is 1.72. The molecular weight excluding hydrogens is 190 g/mol. The summed E-state index contributed by atoms with van der Waals surface area (Å²) in [5.74, 6) is -0.895. The van der Waals surface area contributed by atoms with Crippen molar-refractivity contribution in [1.82, 2.24) is 0 Å². The third kappa shape index (κ3) is 5.90. The van der Waals surface area contributed by atoms with Gasteiger partial charge >= 0.3 is 5.97 Å². The van der Waals surface area contributed by atoms with E-state index < -0.39 is 5.97 Å². The molecule has 0 saturated carbocycles. The van der Waals surface area contributed by atoms with Gasteiger partial charge in [0.15, 0.2) is 0 Å². The van der Waals surface area contributed by atoms with Crippen LogP contribution in [0.2, 0.25) is 0 Å². The minimum absolute atomic E-state index is 0.127. The van der Waals surface area contributed by atoms with Gasteiger partial charge in [0, 0.05) is 0 Å². The number of unbranched alkanes of at least 4 members (excludes halogenated alkanes) is 2. The van der Waals surface area contributed by atoms with E-state index in [1.165, 1.54) is 6.42 Å². The first kappa shape index (κ1) is 13.7. The molecule has 0 fully saturated rings. The number of hydrogen-bond acceptors (Lipinski definition) is 2. The summed E-state index contributed by atoms with van der Waals surface area (Å²) < 4.78 is 0. The molecule has 3 nitrogen and oxygen atoms in total. The third-order valence-electron chi connectivity index (χ3n) is 2.46. The summed E-state index contributed by atoms with van der Waals surface area (Å²) in [7, 11) is 0. The quantitative estimate of drug-likeness (QED) is 0.398. The van der Waals surface area contributed by atoms with E-state index in [2.05, 4.69) is 6.92 Å². The number of carbonyl (C=O) groups is 1. The lowest BCUT2D eigenvalue weighted by atomic mass is 9.96. The number of carboxylic acid groups (broad SMARTS) is 1. The van der Waals surface area contributed by atoms with Crippen LogP contribution in [0.5, 0.6) is 0 Å². The zero-order valence-electron chi connectivity index (χ0n) is 9.49. The third-order valence-corrected chi connectivity index (χ3v) is 2.46. The van der Waals surface area contributed by atoms with E-state index in [9.17, 15) is 4.79 Å². The Labute approximate surface area is 91.4 Å². The van der Waals surface area contributed by atoms with E-state index in [4.69, 9.17) is 10.4 Å². The molecule has 0 aliphatic heterocycles. The predicted molar refractivity (Wildman–Crippen MR) is 59.3 cm³/mol. The molecule has 0 aliphatic carbocycles. The van der Waals surface area contributed by atoms with Crippen LogP contribution in [0.3, 0.4) is 0 Å². The van der Waals surface area contributed by atoms with Gasteiger partial charge in [-0.15, -0.1) is 0 Å². The van der Waals surface area contributed by atoms with Crippen LogP contribution in [-0.2, 0) is 4.79 Å². The lowest BCUT2D eigenvalue weighted by Crippen LogP contribution is -2.03. The van der Waals surface area contributed by atoms with Crippen molar-refractivity contribution in [1.29, 1.82) is 5.26 Å². The molecule has 1 atom stereocenters. The molecule has 84 valence electrons. The Kier molecular flexibility index (Phi) is 7.35. The van der Waals surface area contributed by atoms with Gasteiger partial charge in [-0.2, -0.15) is 5.26 Å². The lowest BCUT2D eigenvalue weighted by molar-refractivity contribution is -0.132. The molecule has 0 amide bonds. The Bertz CT molecular complexity index is 263. The maximum atomic E-state index is 10.6. The second-order valence-electron chi connectivity index (χ2n) is 3.66. The van der Waals surface area contributed by atoms with Crippen molar-refractivity contribution in [2.24, 2.45) is 5.92 Å². The van der Waals surface area contributed by atoms with E-state index in [0.717, 1.165) is 25.7 Å². The number of nitriles is 1. The maximum Gasteiger partial charge on any atom is 0.346 e. The molecule has 0 spiro atoms. The number of hydrogen-bond donors (Lipinski definition) is 1. The molecule has 0 aliphatic rings. The summed E-state index contributed by atoms with van der Waals surface area (Å²) in [6.45, 7) is 4.15. The largest absolute Gasteiger partial charge is 0.477 e. The van der Waals surface area contributed by atoms with Crippen molar-refractivity contribution in [2.45, 2.75) is 46.0 Å². The van der Waals surface area contributed by atoms with Crippen LogP contribution in [0, 0.1) is 17.2 Å². The van der Waals surface area contributed by atoms with Crippen LogP contribution in [0.4, 0.5) is 0 Å². The summed E-state index contributed by atoms with van der Waals surface area (Å²) in [5.41, 5.74) is -0.127. The second kappa shape index (κ2) is 8.05. The van der Waals surface area contributed by atoms with Gasteiger partial charge in [-0.25, -0.2) is 4.79 Å². The van der Waals surface area contributed by atoms with Crippen LogP contribution in [0.1, 0.15) is 46.0 Å². The van der Waals surface area contributed by atoms with Crippen molar-refractivity contribution in [3.8, 4) is 6.07 Å². The maximum absolute atomic E-state index is 10.6. The predicted octanol–water partition coefficient (Wildman–Crippen LogP) is 3.13. The molecular formula is C12H19NO2. The first-order valence-electron chi connectivity index (χ1n) is 5.50. The molecule has 0 bridgehead atoms. The van der Waals surface area contributed by atoms with Gasteiger partial charge in [-0.3, -0.25) is 0 Å². The van der Waals surface area contributed by atoms with Gasteiger partial charge in [0.1, 0.15) is 11.6 Å². The molecule has 1 unspecified atom stereocenters. The molecule has 3 heteroatoms. The SMILES string of the molecule is CCCCCC(C=C(C#N)C(=O)O)CC. The van der Waals surface area contributed by atoms with Crippen LogP contribution >= 0.6 is 0 Å². The highest BCUT2D eigenvalue weighted by molar-refractivity contribution is 5.90. The Balaban J connectivity index is 4.29. The van der Waals surface area contributed by atoms with Crippen LogP contribution in [0.25, 0.3) is 0 Å². The average Bonchev–Trinajstić information content (AvgIpc) is 2.22. The van der Waals surface area contributed by atoms with Crippen molar-refractivity contribution >= 4 is 5.97 Å². The molecule has 0 aromatic heterocycles. The fraction of sp³-hybridized carbons (Fsp3) is 0.667. The van der Waals surface area contributed by atoms with Gasteiger partial charge in [0.2, 0.25) is 0 Å². The zero-order valence-corrected chi connectivity index (χ0v) is 9.49. The molecule has 15 heavy (non-hydrogen) atoms. The van der Waals surface area contributed by atoms with Crippen LogP contribution in [0.15, 0.2) is 11.6 Å². The van der Waals surface area contributed by atoms with Gasteiger partial charge in [0.05, 0.1) is 0 Å². The van der Waals surface area contributed by atoms with E-state index >= 15 is 0 Å². The van der Waals surface area contributed by atoms with Gasteiger partial charge in [0.25, 0.3) is 0 Å². The second-order valence-corrected chi connectivity index (χ2v) is 3.66. The van der Waals surface area contributed by atoms with Gasteiger partial charge in [-0.1, -0.05) is 39.2 Å². The number of allylic oxidation sites excluding steroid dienone is 1. The van der Waals surface area contributed by atoms with E-state index in [1.54, 1.807) is 12.1 Å². The Morgan fingerprint density at radius 3 is 2.53 bits per heavy atom. The minimum Gasteiger partial charge on any atom is -0.477 e. The van der Waals surface area contributed by atoms with E-state index in [0.29, 0.717) is 0 Å². The van der Waals surface area contributed by atoms with Crippen molar-refractivity contribution in [2.75, 3.05) is 0 Å². The number of carboxylic acids is 1. The first-order chi connectivity index (χ1) is 7.15. The van der Waals surface area contributed by atoms with E-state index in [1.807, 2.05) is 6.92 Å². The monoisotopic (exact) mass is 209 g/mol. The van der Waals surface area contributed by atoms with Crippen molar-refractivity contribution < 1.29 is 9.90 Å². The highest BCUT2D eigenvalue weighted by Gasteiger charge is 2.10. The van der Waals surface area contributed by atoms with Gasteiger partial charge in [-0.05, 0) is 18.8 Å². The molecule has 1 N–H and O–H groups in total. The molecule has 0 rings (SSSR count). The average molecular weight is 209 g/mol. The minimum atomic E-state index is -1.12. The number of nitrogens with zero attached hydrogens (tertiary/aromatic N) is 1. The number of rotatable bonds is 7. The molecule has 0 aromatic rings. The topological polar surface area (TPSA) is 61.1 Å². The molecule has 0 saturated heterocycles. The summed E-state index contributed by atoms with van der Waals surface area (Å²) in [4.78, 5) is 10.6. The molecule has 0 heterocycles. The van der Waals surface area contributed by atoms with Crippen LogP contribution < -0.4 is 0 Å². The highest BCUT2D eigenvalue weighted by Crippen LogP contribution is 2.16. The Morgan fingerprint density at radius 2 is 2.13 bits per heavy atom. The number of aliphatic carboxylic acids is 1. The first-order valence-corrected chi connectivity index (χ1v) is 5.50. The highest BCUT2D eigenvalue weighted by atomic mass is 16.4. The van der Waals surface area contributed by atoms with Crippen molar-refractivity contribution in [3.63, 3.8) is 0 Å². The summed E-state index contributed by atoms with van der Waals surface area (Å²) in [6.07, 6.45) is 6.89. The zero-order chi connectivity index (χ0) is 11.7. The fourth-order valence-corrected chi connectivity index (χ4v) is 1.45. The van der Waals surface area contributed by atoms with E-state index in [-0.39, 0.29) is 11.5 Å². The molecule has 0 aromatic carbocycles. The summed E-state index contributed by atoms with van der Waals surface area (Å²) >= 11 is 0. The standard InChI is InChI=1S/C12H19NO2/c1-3-5-6-7-10(4-2)8-11(9-13)12(14)15/h8,10H,3-7H2,1-2H3,(H,14,15). The van der Waals surface area contributed by atoms with Crippen LogP contribution in [-0.4, -0.2) is 11.1 Å². The smallest absolute Gasteiger partial charge is 0.346 e. The Hall–Kier alpha value is -1.30. The summed E-state index contributed by atoms with van der Waals surface area (Å²) in [5, 5.41) is 17.3. The van der Waals surface area contributed by atoms with Gasteiger partial charge < -0.3 is 5.11 Å². The Morgan fingerprint density at radius 1 is 1.47 bits per heavy atom. The lowest BCUT2D eigenvalue weighted by Gasteiger charge is -2.09. The normalized spacial score (nSPS) is 13.3. The molecule has 0 radical (unpaired) electrons.